The summed E-state index contributed by atoms with van der Waals surface area (Å²) in [7, 11) is 0. The zero-order valence-electron chi connectivity index (χ0n) is 17.2. The van der Waals surface area contributed by atoms with Crippen molar-refractivity contribution in [3.05, 3.63) is 0 Å². The van der Waals surface area contributed by atoms with Gasteiger partial charge in [-0.2, -0.15) is 0 Å². The van der Waals surface area contributed by atoms with Crippen molar-refractivity contribution >= 4 is 35.6 Å². The van der Waals surface area contributed by atoms with Crippen molar-refractivity contribution in [2.75, 3.05) is 6.61 Å². The normalized spacial score (nSPS) is 15.5. The van der Waals surface area contributed by atoms with Crippen LogP contribution >= 0.6 is 0 Å². The van der Waals surface area contributed by atoms with Crippen molar-refractivity contribution < 1.29 is 44.1 Å². The van der Waals surface area contributed by atoms with Crippen LogP contribution in [0.25, 0.3) is 0 Å². The number of amides is 4. The molecule has 0 aliphatic carbocycles. The third-order valence-electron chi connectivity index (χ3n) is 4.36. The van der Waals surface area contributed by atoms with Crippen LogP contribution in [0.1, 0.15) is 33.1 Å². The van der Waals surface area contributed by atoms with Gasteiger partial charge in [-0.1, -0.05) is 20.3 Å². The number of primary amides is 1. The van der Waals surface area contributed by atoms with Gasteiger partial charge in [-0.15, -0.1) is 0 Å². The molecule has 0 fully saturated rings. The van der Waals surface area contributed by atoms with Gasteiger partial charge in [0, 0.05) is 0 Å². The maximum atomic E-state index is 12.5. The molecular weight excluding hydrogens is 418 g/mol. The van der Waals surface area contributed by atoms with E-state index in [1.54, 1.807) is 13.8 Å². The second-order valence-electron chi connectivity index (χ2n) is 6.89. The molecule has 0 aliphatic heterocycles. The predicted molar refractivity (Wildman–Crippen MR) is 104 cm³/mol. The maximum Gasteiger partial charge on any atom is 0.326 e. The Morgan fingerprint density at radius 3 is 1.77 bits per heavy atom. The summed E-state index contributed by atoms with van der Waals surface area (Å²) in [5.74, 6) is -7.53. The molecule has 0 aromatic heterocycles. The topological polar surface area (TPSA) is 251 Å². The van der Waals surface area contributed by atoms with E-state index in [0.29, 0.717) is 6.42 Å². The number of carboxylic acids is 2. The molecule has 14 nitrogen and oxygen atoms in total. The van der Waals surface area contributed by atoms with E-state index in [9.17, 15) is 33.9 Å². The minimum absolute atomic E-state index is 0.394. The number of carbonyl (C=O) groups is 6. The molecule has 0 bridgehead atoms. The molecule has 0 aromatic rings. The number of nitrogens with two attached hydrogens (primary N) is 2. The Kier molecular flexibility index (Phi) is 11.7. The number of hydrogen-bond acceptors (Lipinski definition) is 8. The van der Waals surface area contributed by atoms with Gasteiger partial charge in [0.1, 0.15) is 24.2 Å². The number of aliphatic hydroxyl groups excluding tert-OH is 1. The quantitative estimate of drug-likeness (QED) is 0.129. The van der Waals surface area contributed by atoms with Crippen molar-refractivity contribution in [3.8, 4) is 0 Å². The van der Waals surface area contributed by atoms with Crippen LogP contribution in [0.2, 0.25) is 0 Å². The lowest BCUT2D eigenvalue weighted by Crippen LogP contribution is -2.58. The highest BCUT2D eigenvalue weighted by Gasteiger charge is 2.33. The third-order valence-corrected chi connectivity index (χ3v) is 4.36. The average molecular weight is 447 g/mol. The number of hydrogen-bond donors (Lipinski definition) is 8. The van der Waals surface area contributed by atoms with E-state index in [0.717, 1.165) is 0 Å². The Balaban J connectivity index is 5.56. The summed E-state index contributed by atoms with van der Waals surface area (Å²) in [6.45, 7) is 2.50. The minimum atomic E-state index is -1.71. The van der Waals surface area contributed by atoms with Crippen LogP contribution in [0.15, 0.2) is 0 Å². The molecular formula is C17H29N5O9. The zero-order valence-corrected chi connectivity index (χ0v) is 17.2. The van der Waals surface area contributed by atoms with E-state index in [4.69, 9.17) is 21.7 Å². The van der Waals surface area contributed by atoms with E-state index in [1.807, 2.05) is 0 Å². The third kappa shape index (κ3) is 9.86. The first-order valence-electron chi connectivity index (χ1n) is 9.34. The molecule has 14 heteroatoms. The van der Waals surface area contributed by atoms with Crippen LogP contribution < -0.4 is 27.4 Å². The van der Waals surface area contributed by atoms with Gasteiger partial charge in [-0.05, 0) is 5.92 Å². The first-order valence-corrected chi connectivity index (χ1v) is 9.34. The fraction of sp³-hybridized carbons (Fsp3) is 0.647. The molecule has 5 atom stereocenters. The van der Waals surface area contributed by atoms with E-state index >= 15 is 0 Å². The summed E-state index contributed by atoms with van der Waals surface area (Å²) in [5.41, 5.74) is 10.4. The Labute approximate surface area is 177 Å². The minimum Gasteiger partial charge on any atom is -0.481 e. The van der Waals surface area contributed by atoms with Gasteiger partial charge in [-0.3, -0.25) is 24.0 Å². The predicted octanol–water partition coefficient (Wildman–Crippen LogP) is -3.76. The second kappa shape index (κ2) is 13.1. The Morgan fingerprint density at radius 1 is 0.871 bits per heavy atom. The fourth-order valence-corrected chi connectivity index (χ4v) is 2.37. The molecule has 0 aliphatic rings. The van der Waals surface area contributed by atoms with Crippen molar-refractivity contribution in [2.45, 2.75) is 57.3 Å². The second-order valence-corrected chi connectivity index (χ2v) is 6.89. The molecule has 0 rings (SSSR count). The van der Waals surface area contributed by atoms with Crippen LogP contribution in [-0.2, 0) is 28.8 Å². The Hall–Kier alpha value is -3.26. The highest BCUT2D eigenvalue weighted by Crippen LogP contribution is 2.09. The summed E-state index contributed by atoms with van der Waals surface area (Å²) < 4.78 is 0. The molecule has 0 heterocycles. The molecule has 176 valence electrons. The summed E-state index contributed by atoms with van der Waals surface area (Å²) in [4.78, 5) is 70.6. The van der Waals surface area contributed by atoms with Crippen LogP contribution in [0.4, 0.5) is 0 Å². The summed E-state index contributed by atoms with van der Waals surface area (Å²) >= 11 is 0. The van der Waals surface area contributed by atoms with Crippen molar-refractivity contribution in [3.63, 3.8) is 0 Å². The number of carboxylic acid groups (broad SMARTS) is 2. The van der Waals surface area contributed by atoms with Crippen molar-refractivity contribution in [1.82, 2.24) is 16.0 Å². The standard InChI is InChI=1S/C17H29N5O9/c1-3-7(2)13(17(30)31)22-16(29)10(5-12(25)26)21-15(28)9(4-11(19)24)20-14(27)8(18)6-23/h7-10,13,23H,3-6,18H2,1-2H3,(H2,19,24)(H,20,27)(H,21,28)(H,22,29)(H,25,26)(H,30,31). The lowest BCUT2D eigenvalue weighted by Gasteiger charge is -2.25. The summed E-state index contributed by atoms with van der Waals surface area (Å²) in [6, 6.07) is -6.08. The average Bonchev–Trinajstić information content (AvgIpc) is 2.68. The van der Waals surface area contributed by atoms with Gasteiger partial charge in [-0.25, -0.2) is 4.79 Å². The highest BCUT2D eigenvalue weighted by atomic mass is 16.4. The monoisotopic (exact) mass is 447 g/mol. The van der Waals surface area contributed by atoms with Crippen LogP contribution in [0.3, 0.4) is 0 Å². The van der Waals surface area contributed by atoms with Crippen LogP contribution in [0.5, 0.6) is 0 Å². The largest absolute Gasteiger partial charge is 0.481 e. The van der Waals surface area contributed by atoms with E-state index < -0.39 is 85.1 Å². The first kappa shape index (κ1) is 27.7. The SMILES string of the molecule is CCC(C)C(NC(=O)C(CC(=O)O)NC(=O)C(CC(N)=O)NC(=O)C(N)CO)C(=O)O. The zero-order chi connectivity index (χ0) is 24.3. The Bertz CT molecular complexity index is 699. The molecule has 10 N–H and O–H groups in total. The molecule has 0 saturated heterocycles. The molecule has 0 saturated carbocycles. The molecule has 31 heavy (non-hydrogen) atoms. The van der Waals surface area contributed by atoms with Crippen LogP contribution in [0, 0.1) is 5.92 Å². The number of aliphatic carboxylic acids is 2. The van der Waals surface area contributed by atoms with E-state index in [-0.39, 0.29) is 0 Å². The van der Waals surface area contributed by atoms with Gasteiger partial charge in [0.2, 0.25) is 23.6 Å². The van der Waals surface area contributed by atoms with Gasteiger partial charge < -0.3 is 42.7 Å². The van der Waals surface area contributed by atoms with Crippen molar-refractivity contribution in [1.29, 1.82) is 0 Å². The van der Waals surface area contributed by atoms with Gasteiger partial charge in [0.05, 0.1) is 19.4 Å². The molecule has 0 spiro atoms. The van der Waals surface area contributed by atoms with Gasteiger partial charge in [0.15, 0.2) is 0 Å². The summed E-state index contributed by atoms with van der Waals surface area (Å²) in [5, 5.41) is 33.5. The van der Waals surface area contributed by atoms with E-state index in [2.05, 4.69) is 16.0 Å². The highest BCUT2D eigenvalue weighted by molar-refractivity contribution is 5.97. The first-order chi connectivity index (χ1) is 14.3. The number of rotatable bonds is 14. The lowest BCUT2D eigenvalue weighted by atomic mass is 9.98. The molecule has 0 radical (unpaired) electrons. The molecule has 0 aromatic carbocycles. The molecule has 5 unspecified atom stereocenters. The molecule has 4 amide bonds. The number of aliphatic hydroxyl groups is 1. The smallest absolute Gasteiger partial charge is 0.326 e. The number of nitrogens with one attached hydrogen (secondary N) is 3. The maximum absolute atomic E-state index is 12.5. The van der Waals surface area contributed by atoms with Crippen LogP contribution in [-0.4, -0.2) is 81.7 Å². The van der Waals surface area contributed by atoms with Crippen molar-refractivity contribution in [2.24, 2.45) is 17.4 Å². The van der Waals surface area contributed by atoms with Gasteiger partial charge >= 0.3 is 11.9 Å². The summed E-state index contributed by atoms with van der Waals surface area (Å²) in [6.07, 6.45) is -1.22. The lowest BCUT2D eigenvalue weighted by molar-refractivity contribution is -0.145. The fourth-order valence-electron chi connectivity index (χ4n) is 2.37. The van der Waals surface area contributed by atoms with E-state index in [1.165, 1.54) is 0 Å². The van der Waals surface area contributed by atoms with Gasteiger partial charge in [0.25, 0.3) is 0 Å². The number of carbonyl (C=O) groups excluding carboxylic acids is 4. The Morgan fingerprint density at radius 2 is 1.35 bits per heavy atom.